The van der Waals surface area contributed by atoms with Crippen LogP contribution >= 0.6 is 0 Å². The zero-order chi connectivity index (χ0) is 34.9. The lowest BCUT2D eigenvalue weighted by atomic mass is 9.88. The van der Waals surface area contributed by atoms with Crippen LogP contribution < -0.4 is 24.8 Å². The number of benzene rings is 2. The number of amides is 4. The first kappa shape index (κ1) is 36.3. The maximum Gasteiger partial charge on any atom is 0.321 e. The van der Waals surface area contributed by atoms with Gasteiger partial charge in [-0.3, -0.25) is 9.59 Å². The van der Waals surface area contributed by atoms with Crippen molar-refractivity contribution in [2.75, 3.05) is 50.8 Å². The van der Waals surface area contributed by atoms with Crippen LogP contribution in [0.25, 0.3) is 0 Å². The molecule has 1 fully saturated rings. The topological polar surface area (TPSA) is 139 Å². The highest BCUT2D eigenvalue weighted by atomic mass is 16.7. The lowest BCUT2D eigenvalue weighted by molar-refractivity contribution is -0.120. The predicted molar refractivity (Wildman–Crippen MR) is 186 cm³/mol. The molecule has 2 heterocycles. The van der Waals surface area contributed by atoms with Crippen molar-refractivity contribution in [3.8, 4) is 17.2 Å². The number of hydrogen-bond acceptors (Lipinski definition) is 8. The summed E-state index contributed by atoms with van der Waals surface area (Å²) in [7, 11) is 1.71. The molecule has 4 atom stereocenters. The first-order chi connectivity index (χ1) is 23.6. The number of aliphatic hydroxyl groups excluding tert-OH is 1. The van der Waals surface area contributed by atoms with E-state index < -0.39 is 12.1 Å². The number of urea groups is 1. The predicted octanol–water partition coefficient (Wildman–Crippen LogP) is 5.89. The lowest BCUT2D eigenvalue weighted by Crippen LogP contribution is -2.48. The van der Waals surface area contributed by atoms with Crippen molar-refractivity contribution in [3.63, 3.8) is 0 Å². The van der Waals surface area contributed by atoms with Crippen LogP contribution in [0.1, 0.15) is 82.5 Å². The number of likely N-dealkylation sites (N-methyl/N-ethyl adjacent to an activating group) is 1. The number of carbonyl (C=O) groups is 3. The number of nitrogens with zero attached hydrogens (tertiary/aromatic N) is 2. The Morgan fingerprint density at radius 3 is 2.39 bits per heavy atom. The van der Waals surface area contributed by atoms with Gasteiger partial charge in [0.05, 0.1) is 30.4 Å². The molecular weight excluding hydrogens is 628 g/mol. The number of aliphatic hydroxyl groups is 1. The van der Waals surface area contributed by atoms with Crippen molar-refractivity contribution in [1.29, 1.82) is 0 Å². The van der Waals surface area contributed by atoms with Crippen LogP contribution in [0.15, 0.2) is 36.4 Å². The molecule has 2 aromatic rings. The van der Waals surface area contributed by atoms with Crippen LogP contribution in [-0.4, -0.2) is 91.1 Å². The smallest absolute Gasteiger partial charge is 0.321 e. The van der Waals surface area contributed by atoms with E-state index in [1.165, 1.54) is 0 Å². The number of ether oxygens (including phenoxy) is 4. The Morgan fingerprint density at radius 1 is 0.939 bits per heavy atom. The van der Waals surface area contributed by atoms with E-state index in [0.717, 1.165) is 51.4 Å². The molecule has 2 aromatic carbocycles. The number of rotatable bonds is 7. The van der Waals surface area contributed by atoms with E-state index in [1.54, 1.807) is 60.2 Å². The monoisotopic (exact) mass is 680 g/mol. The van der Waals surface area contributed by atoms with Crippen LogP contribution in [0.3, 0.4) is 0 Å². The summed E-state index contributed by atoms with van der Waals surface area (Å²) in [6, 6.07) is 9.66. The highest BCUT2D eigenvalue weighted by Gasteiger charge is 2.31. The summed E-state index contributed by atoms with van der Waals surface area (Å²) in [6.45, 7) is 6.70. The van der Waals surface area contributed by atoms with Crippen molar-refractivity contribution in [2.45, 2.75) is 90.4 Å². The summed E-state index contributed by atoms with van der Waals surface area (Å²) in [6.07, 6.45) is 6.84. The molecule has 1 saturated carbocycles. The average molecular weight is 681 g/mol. The van der Waals surface area contributed by atoms with Gasteiger partial charge in [-0.1, -0.05) is 26.2 Å². The Labute approximate surface area is 289 Å². The molecule has 12 heteroatoms. The van der Waals surface area contributed by atoms with E-state index >= 15 is 0 Å². The summed E-state index contributed by atoms with van der Waals surface area (Å²) in [5, 5.41) is 16.2. The summed E-state index contributed by atoms with van der Waals surface area (Å²) in [5.74, 6) is 1.08. The molecule has 49 heavy (non-hydrogen) atoms. The maximum absolute atomic E-state index is 14.4. The second-order valence-corrected chi connectivity index (χ2v) is 13.7. The van der Waals surface area contributed by atoms with Gasteiger partial charge in [-0.05, 0) is 76.3 Å². The Bertz CT molecular complexity index is 1450. The largest absolute Gasteiger partial charge is 0.490 e. The van der Waals surface area contributed by atoms with Crippen molar-refractivity contribution >= 4 is 29.2 Å². The van der Waals surface area contributed by atoms with Gasteiger partial charge in [0, 0.05) is 56.0 Å². The van der Waals surface area contributed by atoms with Crippen LogP contribution in [0.5, 0.6) is 17.2 Å². The van der Waals surface area contributed by atoms with Crippen molar-refractivity contribution < 1.29 is 38.4 Å². The molecular formula is C37H52N4O8. The molecule has 0 bridgehead atoms. The molecule has 0 radical (unpaired) electrons. The minimum absolute atomic E-state index is 0.0249. The van der Waals surface area contributed by atoms with Crippen LogP contribution in [-0.2, 0) is 9.53 Å². The number of hydrogen-bond donors (Lipinski definition) is 3. The van der Waals surface area contributed by atoms with Gasteiger partial charge in [0.1, 0.15) is 5.75 Å². The third kappa shape index (κ3) is 9.57. The van der Waals surface area contributed by atoms with Gasteiger partial charge in [-0.15, -0.1) is 0 Å². The molecule has 5 rings (SSSR count). The fourth-order valence-electron chi connectivity index (χ4n) is 6.62. The summed E-state index contributed by atoms with van der Waals surface area (Å²) < 4.78 is 23.5. The molecule has 12 nitrogen and oxygen atoms in total. The standard InChI is InChI=1S/C37H52N4O8/c1-24-20-41(25(2)22-42)36(44)30-18-28(38-35(43)27-11-6-5-7-12-27)13-15-31(30)49-26(3)10-8-9-17-46-34(24)21-40(4)37(45)39-29-14-16-32-33(19-29)48-23-47-32/h13-16,18-19,24-27,34,42H,5-12,17,20-23H2,1-4H3,(H,38,43)(H,39,45)/t24-,25-,26-,34-/m1/s1. The van der Waals surface area contributed by atoms with E-state index in [-0.39, 0.29) is 62.3 Å². The van der Waals surface area contributed by atoms with Gasteiger partial charge < -0.3 is 44.5 Å². The van der Waals surface area contributed by atoms with Gasteiger partial charge in [-0.25, -0.2) is 4.79 Å². The molecule has 268 valence electrons. The number of carbonyl (C=O) groups excluding carboxylic acids is 3. The molecule has 0 spiro atoms. The van der Waals surface area contributed by atoms with Gasteiger partial charge in [0.15, 0.2) is 11.5 Å². The number of anilines is 2. The third-order valence-electron chi connectivity index (χ3n) is 9.72. The molecule has 3 aliphatic rings. The molecule has 0 aromatic heterocycles. The second kappa shape index (κ2) is 17.1. The van der Waals surface area contributed by atoms with E-state index in [0.29, 0.717) is 40.8 Å². The van der Waals surface area contributed by atoms with Gasteiger partial charge in [-0.2, -0.15) is 0 Å². The molecule has 0 unspecified atom stereocenters. The summed E-state index contributed by atoms with van der Waals surface area (Å²) in [4.78, 5) is 44.0. The first-order valence-electron chi connectivity index (χ1n) is 17.7. The number of fused-ring (bicyclic) bond motifs is 2. The van der Waals surface area contributed by atoms with Crippen molar-refractivity contribution in [3.05, 3.63) is 42.0 Å². The van der Waals surface area contributed by atoms with E-state index in [9.17, 15) is 19.5 Å². The third-order valence-corrected chi connectivity index (χ3v) is 9.72. The van der Waals surface area contributed by atoms with E-state index in [1.807, 2.05) is 13.8 Å². The van der Waals surface area contributed by atoms with Crippen LogP contribution in [0.2, 0.25) is 0 Å². The quantitative estimate of drug-likeness (QED) is 0.329. The van der Waals surface area contributed by atoms with Crippen molar-refractivity contribution in [2.24, 2.45) is 11.8 Å². The fourth-order valence-corrected chi connectivity index (χ4v) is 6.62. The molecule has 0 saturated heterocycles. The van der Waals surface area contributed by atoms with Gasteiger partial charge in [0.2, 0.25) is 12.7 Å². The SMILES string of the molecule is C[C@@H]1CCCCO[C@H](CN(C)C(=O)Nc2ccc3c(c2)OCO3)[C@H](C)CN([C@H](C)CO)C(=O)c2cc(NC(=O)C3CCCCC3)ccc2O1. The van der Waals surface area contributed by atoms with Gasteiger partial charge >= 0.3 is 6.03 Å². The average Bonchev–Trinajstić information content (AvgIpc) is 3.58. The maximum atomic E-state index is 14.4. The van der Waals surface area contributed by atoms with Gasteiger partial charge in [0.25, 0.3) is 5.91 Å². The molecule has 3 N–H and O–H groups in total. The van der Waals surface area contributed by atoms with Crippen LogP contribution in [0.4, 0.5) is 16.2 Å². The number of nitrogens with one attached hydrogen (secondary N) is 2. The lowest BCUT2D eigenvalue weighted by Gasteiger charge is -2.35. The second-order valence-electron chi connectivity index (χ2n) is 13.7. The first-order valence-corrected chi connectivity index (χ1v) is 17.7. The minimum atomic E-state index is -0.513. The van der Waals surface area contributed by atoms with E-state index in [4.69, 9.17) is 18.9 Å². The fraction of sp³-hybridized carbons (Fsp3) is 0.595. The highest BCUT2D eigenvalue weighted by Crippen LogP contribution is 2.34. The Kier molecular flexibility index (Phi) is 12.6. The zero-order valence-electron chi connectivity index (χ0n) is 29.2. The van der Waals surface area contributed by atoms with Crippen LogP contribution in [0, 0.1) is 11.8 Å². The Morgan fingerprint density at radius 2 is 1.63 bits per heavy atom. The molecule has 4 amide bonds. The Hall–Kier alpha value is -4.03. The minimum Gasteiger partial charge on any atom is -0.490 e. The van der Waals surface area contributed by atoms with Crippen molar-refractivity contribution in [1.82, 2.24) is 9.80 Å². The highest BCUT2D eigenvalue weighted by molar-refractivity contribution is 6.00. The summed E-state index contributed by atoms with van der Waals surface area (Å²) in [5.41, 5.74) is 1.45. The summed E-state index contributed by atoms with van der Waals surface area (Å²) >= 11 is 0. The molecule has 2 aliphatic heterocycles. The molecule has 1 aliphatic carbocycles. The van der Waals surface area contributed by atoms with E-state index in [2.05, 4.69) is 10.6 Å². The zero-order valence-corrected chi connectivity index (χ0v) is 29.2. The normalized spacial score (nSPS) is 22.7. The Balaban J connectivity index is 1.35.